The summed E-state index contributed by atoms with van der Waals surface area (Å²) in [4.78, 5) is 13.9. The van der Waals surface area contributed by atoms with Gasteiger partial charge >= 0.3 is 6.29 Å². The van der Waals surface area contributed by atoms with E-state index >= 15 is 0 Å². The van der Waals surface area contributed by atoms with Crippen LogP contribution in [0.2, 0.25) is 0 Å². The smallest absolute Gasteiger partial charge is 0.497 e. The average molecular weight is 604 g/mol. The number of amides is 1. The highest BCUT2D eigenvalue weighted by atomic mass is 19.3. The van der Waals surface area contributed by atoms with Crippen molar-refractivity contribution >= 4 is 5.91 Å². The number of fused-ring (bicyclic) bond motifs is 3. The van der Waals surface area contributed by atoms with Gasteiger partial charge in [0.1, 0.15) is 47.7 Å². The lowest BCUT2D eigenvalue weighted by Gasteiger charge is -2.34. The molecule has 0 fully saturated rings. The number of halogens is 2. The molecular formula is C32H27F2N3O7. The lowest BCUT2D eigenvalue weighted by atomic mass is 9.82. The zero-order valence-electron chi connectivity index (χ0n) is 23.7. The highest BCUT2D eigenvalue weighted by Gasteiger charge is 2.49. The Morgan fingerprint density at radius 2 is 1.77 bits per heavy atom. The Balaban J connectivity index is 1.12. The van der Waals surface area contributed by atoms with Crippen LogP contribution in [0.15, 0.2) is 72.8 Å². The maximum Gasteiger partial charge on any atom is 0.586 e. The molecule has 4 heterocycles. The average Bonchev–Trinajstić information content (AvgIpc) is 3.53. The molecule has 0 bridgehead atoms. The summed E-state index contributed by atoms with van der Waals surface area (Å²) in [6.07, 6.45) is -3.99. The van der Waals surface area contributed by atoms with Crippen LogP contribution in [0.5, 0.6) is 34.6 Å². The Hall–Kier alpha value is -5.13. The first-order valence-electron chi connectivity index (χ1n) is 13.9. The summed E-state index contributed by atoms with van der Waals surface area (Å²) in [5, 5.41) is 11.7. The largest absolute Gasteiger partial charge is 0.586 e. The number of nitrogens with one attached hydrogen (secondary N) is 1. The van der Waals surface area contributed by atoms with Gasteiger partial charge in [0, 0.05) is 35.7 Å². The zero-order chi connectivity index (χ0) is 30.5. The van der Waals surface area contributed by atoms with Crippen molar-refractivity contribution in [3.63, 3.8) is 0 Å². The number of alkyl halides is 2. The van der Waals surface area contributed by atoms with Gasteiger partial charge in [0.2, 0.25) is 11.8 Å². The van der Waals surface area contributed by atoms with E-state index in [-0.39, 0.29) is 29.8 Å². The summed E-state index contributed by atoms with van der Waals surface area (Å²) in [7, 11) is 1.56. The molecule has 0 saturated heterocycles. The van der Waals surface area contributed by atoms with E-state index in [1.165, 1.54) is 12.1 Å². The monoisotopic (exact) mass is 603 g/mol. The van der Waals surface area contributed by atoms with Crippen molar-refractivity contribution in [2.45, 2.75) is 43.8 Å². The zero-order valence-corrected chi connectivity index (χ0v) is 23.7. The summed E-state index contributed by atoms with van der Waals surface area (Å²) >= 11 is 0. The van der Waals surface area contributed by atoms with Crippen molar-refractivity contribution in [1.82, 2.24) is 15.5 Å². The van der Waals surface area contributed by atoms with E-state index < -0.39 is 23.9 Å². The third kappa shape index (κ3) is 5.06. The number of methoxy groups -OCH3 is 1. The molecule has 0 aliphatic carbocycles. The molecule has 1 amide bonds. The third-order valence-corrected chi connectivity index (χ3v) is 7.96. The van der Waals surface area contributed by atoms with Crippen LogP contribution in [0.25, 0.3) is 0 Å². The number of nitrogens with zero attached hydrogens (tertiary/aromatic N) is 2. The van der Waals surface area contributed by atoms with Crippen LogP contribution in [0.3, 0.4) is 0 Å². The van der Waals surface area contributed by atoms with Crippen LogP contribution >= 0.6 is 0 Å². The summed E-state index contributed by atoms with van der Waals surface area (Å²) in [5.74, 6) is 1.10. The van der Waals surface area contributed by atoms with Gasteiger partial charge in [-0.25, -0.2) is 0 Å². The fourth-order valence-corrected chi connectivity index (χ4v) is 5.54. The van der Waals surface area contributed by atoms with Gasteiger partial charge < -0.3 is 33.7 Å². The number of carbonyl (C=O) groups excluding carboxylic acids is 1. The van der Waals surface area contributed by atoms with Crippen LogP contribution in [0.1, 0.15) is 47.9 Å². The van der Waals surface area contributed by atoms with Crippen molar-refractivity contribution in [3.8, 4) is 34.6 Å². The topological polar surface area (TPSA) is 110 Å². The summed E-state index contributed by atoms with van der Waals surface area (Å²) in [6.45, 7) is 2.05. The predicted octanol–water partition coefficient (Wildman–Crippen LogP) is 5.42. The number of hydrogen-bond donors (Lipinski definition) is 1. The van der Waals surface area contributed by atoms with Crippen molar-refractivity contribution < 1.29 is 42.0 Å². The molecule has 44 heavy (non-hydrogen) atoms. The van der Waals surface area contributed by atoms with Gasteiger partial charge in [-0.15, -0.1) is 19.0 Å². The first-order chi connectivity index (χ1) is 21.2. The van der Waals surface area contributed by atoms with Crippen molar-refractivity contribution in [1.29, 1.82) is 0 Å². The van der Waals surface area contributed by atoms with E-state index in [1.807, 2.05) is 36.4 Å². The van der Waals surface area contributed by atoms with Gasteiger partial charge in [-0.05, 0) is 36.8 Å². The minimum Gasteiger partial charge on any atom is -0.497 e. The molecule has 3 aromatic carbocycles. The Labute approximate surface area is 250 Å². The molecule has 10 nitrogen and oxygen atoms in total. The second kappa shape index (κ2) is 10.5. The molecule has 0 radical (unpaired) electrons. The number of rotatable bonds is 7. The van der Waals surface area contributed by atoms with Gasteiger partial charge in [0.15, 0.2) is 11.5 Å². The molecule has 0 saturated carbocycles. The normalized spacial score (nSPS) is 22.2. The van der Waals surface area contributed by atoms with E-state index in [4.69, 9.17) is 18.9 Å². The second-order valence-electron chi connectivity index (χ2n) is 10.9. The highest BCUT2D eigenvalue weighted by molar-refractivity contribution is 5.90. The molecule has 3 atom stereocenters. The number of aromatic nitrogens is 2. The van der Waals surface area contributed by atoms with Gasteiger partial charge in [0.25, 0.3) is 0 Å². The summed E-state index contributed by atoms with van der Waals surface area (Å²) < 4.78 is 59.8. The van der Waals surface area contributed by atoms with E-state index in [9.17, 15) is 13.6 Å². The molecule has 226 valence electrons. The number of carbonyl (C=O) groups is 1. The number of ether oxygens (including phenoxy) is 6. The number of benzene rings is 3. The SMILES string of the molecule is COc1ccc2c(c1)O[C@H](c1ccc(OCc3ccccc3)nn1)C[C@H]2NC(=O)C1(C)COc2cc3c(cc21)OC(F)(F)O3. The Morgan fingerprint density at radius 3 is 2.52 bits per heavy atom. The summed E-state index contributed by atoms with van der Waals surface area (Å²) in [5.41, 5.74) is 1.54. The van der Waals surface area contributed by atoms with Crippen molar-refractivity contribution in [2.75, 3.05) is 13.7 Å². The van der Waals surface area contributed by atoms with Gasteiger partial charge in [-0.3, -0.25) is 4.79 Å². The first kappa shape index (κ1) is 27.7. The van der Waals surface area contributed by atoms with E-state index in [0.29, 0.717) is 41.7 Å². The van der Waals surface area contributed by atoms with E-state index in [0.717, 1.165) is 11.1 Å². The Bertz CT molecular complexity index is 1720. The quantitative estimate of drug-likeness (QED) is 0.296. The minimum absolute atomic E-state index is 0.00545. The molecule has 1 unspecified atom stereocenters. The molecule has 0 spiro atoms. The second-order valence-corrected chi connectivity index (χ2v) is 10.9. The third-order valence-electron chi connectivity index (χ3n) is 7.96. The van der Waals surface area contributed by atoms with Gasteiger partial charge in [0.05, 0.1) is 13.2 Å². The first-order valence-corrected chi connectivity index (χ1v) is 13.9. The maximum atomic E-state index is 13.9. The van der Waals surface area contributed by atoms with Crippen LogP contribution < -0.4 is 33.7 Å². The van der Waals surface area contributed by atoms with Crippen LogP contribution in [-0.2, 0) is 16.8 Å². The molecule has 3 aliphatic heterocycles. The Morgan fingerprint density at radius 1 is 0.977 bits per heavy atom. The molecule has 4 aromatic rings. The standard InChI is InChI=1S/C32H27F2N3O7/c1-31(17-41-25-15-28-27(13-21(25)31)43-32(33,34)44-28)30(38)35-23-14-26(42-24-12-19(39-2)8-9-20(23)24)22-10-11-29(37-36-22)40-16-18-6-4-3-5-7-18/h3-13,15,23,26H,14,16-17H2,1-2H3,(H,35,38)/t23-,26+,31?/m1/s1. The molecule has 1 N–H and O–H groups in total. The maximum absolute atomic E-state index is 13.9. The van der Waals surface area contributed by atoms with Crippen LogP contribution in [-0.4, -0.2) is 36.1 Å². The number of hydrogen-bond acceptors (Lipinski definition) is 9. The van der Waals surface area contributed by atoms with Crippen molar-refractivity contribution in [3.05, 3.63) is 95.2 Å². The molecule has 1 aromatic heterocycles. The molecule has 7 rings (SSSR count). The molecule has 3 aliphatic rings. The highest BCUT2D eigenvalue weighted by Crippen LogP contribution is 2.50. The van der Waals surface area contributed by atoms with E-state index in [2.05, 4.69) is 25.0 Å². The van der Waals surface area contributed by atoms with Gasteiger partial charge in [-0.1, -0.05) is 30.3 Å². The predicted molar refractivity (Wildman–Crippen MR) is 150 cm³/mol. The fraction of sp³-hybridized carbons (Fsp3) is 0.281. The van der Waals surface area contributed by atoms with Crippen LogP contribution in [0, 0.1) is 0 Å². The fourth-order valence-electron chi connectivity index (χ4n) is 5.54. The van der Waals surface area contributed by atoms with Crippen molar-refractivity contribution in [2.24, 2.45) is 0 Å². The summed E-state index contributed by atoms with van der Waals surface area (Å²) in [6, 6.07) is 20.8. The minimum atomic E-state index is -3.78. The molecular weight excluding hydrogens is 576 g/mol. The Kier molecular flexibility index (Phi) is 6.64. The van der Waals surface area contributed by atoms with Crippen LogP contribution in [0.4, 0.5) is 8.78 Å². The lowest BCUT2D eigenvalue weighted by molar-refractivity contribution is -0.286. The molecule has 12 heteroatoms. The van der Waals surface area contributed by atoms with Gasteiger partial charge in [-0.2, -0.15) is 0 Å². The lowest BCUT2D eigenvalue weighted by Crippen LogP contribution is -2.46. The van der Waals surface area contributed by atoms with E-state index in [1.54, 1.807) is 38.3 Å².